The molecule has 18 aromatic carbocycles. The smallest absolute Gasteiger partial charge is 0.164 e. The number of hydrogen-bond donors (Lipinski definition) is 0. The van der Waals surface area contributed by atoms with E-state index in [0.717, 1.165) is 60.9 Å². The Morgan fingerprint density at radius 1 is 0.158 bits per heavy atom. The van der Waals surface area contributed by atoms with Gasteiger partial charge in [-0.2, -0.15) is 0 Å². The Hall–Kier alpha value is -15.4. The number of aromatic nitrogens is 8. The minimum atomic E-state index is 0.635. The van der Waals surface area contributed by atoms with Gasteiger partial charge in [0.05, 0.1) is 27.8 Å². The first-order chi connectivity index (χ1) is 56.6. The predicted octanol–water partition coefficient (Wildman–Crippen LogP) is 27.2. The summed E-state index contributed by atoms with van der Waals surface area (Å²) in [5.41, 5.74) is 27.5. The average molecular weight is 1450 g/mol. The van der Waals surface area contributed by atoms with Gasteiger partial charge in [-0.1, -0.05) is 322 Å². The topological polar surface area (TPSA) is 87.2 Å². The van der Waals surface area contributed by atoms with E-state index in [9.17, 15) is 0 Å². The summed E-state index contributed by atoms with van der Waals surface area (Å²) in [6.45, 7) is 0. The van der Waals surface area contributed by atoms with Gasteiger partial charge in [0.15, 0.2) is 34.9 Å². The molecular weight excluding hydrogens is 1390 g/mol. The molecule has 4 aromatic heterocycles. The Morgan fingerprint density at radius 3 is 0.982 bits per heavy atom. The fraction of sp³-hybridized carbons (Fsp3) is 0. The van der Waals surface area contributed by atoms with Crippen LogP contribution in [0, 0.1) is 0 Å². The number of rotatable bonds is 10. The van der Waals surface area contributed by atoms with Gasteiger partial charge in [-0.05, 0) is 160 Å². The van der Waals surface area contributed by atoms with E-state index in [1.165, 1.54) is 137 Å². The van der Waals surface area contributed by atoms with Crippen LogP contribution in [0.1, 0.15) is 0 Å². The molecule has 0 saturated carbocycles. The van der Waals surface area contributed by atoms with E-state index in [4.69, 9.17) is 29.9 Å². The highest BCUT2D eigenvalue weighted by atomic mass is 15.1. The highest BCUT2D eigenvalue weighted by molar-refractivity contribution is 6.34. The first-order valence-electron chi connectivity index (χ1n) is 38.7. The molecule has 0 bridgehead atoms. The van der Waals surface area contributed by atoms with Crippen LogP contribution in [0.25, 0.3) is 233 Å². The molecule has 22 aromatic rings. The molecular formula is C106H64N8. The molecule has 0 fully saturated rings. The van der Waals surface area contributed by atoms with E-state index in [1.54, 1.807) is 0 Å². The molecule has 0 aliphatic heterocycles. The molecule has 0 spiro atoms. The maximum atomic E-state index is 5.14. The Morgan fingerprint density at radius 2 is 0.500 bits per heavy atom. The summed E-state index contributed by atoms with van der Waals surface area (Å²) in [6.07, 6.45) is 0. The van der Waals surface area contributed by atoms with Crippen molar-refractivity contribution in [1.29, 1.82) is 0 Å². The van der Waals surface area contributed by atoms with E-state index in [1.807, 2.05) is 54.6 Å². The quantitative estimate of drug-likeness (QED) is 0.136. The Kier molecular flexibility index (Phi) is 14.8. The average Bonchev–Trinajstić information content (AvgIpc) is 1.54. The van der Waals surface area contributed by atoms with Gasteiger partial charge < -0.3 is 9.13 Å². The van der Waals surface area contributed by atoms with Crippen molar-refractivity contribution in [1.82, 2.24) is 39.0 Å². The molecule has 4 heterocycles. The number of hydrogen-bond acceptors (Lipinski definition) is 6. The summed E-state index contributed by atoms with van der Waals surface area (Å²) < 4.78 is 4.94. The van der Waals surface area contributed by atoms with Gasteiger partial charge in [0.2, 0.25) is 0 Å². The Labute approximate surface area is 656 Å². The van der Waals surface area contributed by atoms with Crippen molar-refractivity contribution in [2.45, 2.75) is 0 Å². The maximum absolute atomic E-state index is 5.14. The highest BCUT2D eigenvalue weighted by Crippen LogP contribution is 2.55. The van der Waals surface area contributed by atoms with Crippen molar-refractivity contribution in [2.75, 3.05) is 0 Å². The van der Waals surface area contributed by atoms with E-state index in [-0.39, 0.29) is 0 Å². The lowest BCUT2D eigenvalue weighted by Gasteiger charge is -2.18. The second-order valence-corrected chi connectivity index (χ2v) is 29.5. The van der Waals surface area contributed by atoms with Crippen LogP contribution >= 0.6 is 0 Å². The van der Waals surface area contributed by atoms with Crippen molar-refractivity contribution < 1.29 is 0 Å². The SMILES string of the molecule is c1ccc(-c2nc(-c3ccc(-n4c5cccc6c5c5c7c(cccc7c(-c7ccccc7)cc54)-c4ccccc4-6)cc3)nc(-c3ccc4ccccc4c3)n2)cc1.c1ccc(-c2nc(-c3ccccc3)nc(-c3ccc(-n4c5cccc6c5c5c7c(cccc7c(-c7ccccc7)cc54)-c4ccccc4-6)c4ccccc34)n2)cc1. The normalized spacial score (nSPS) is 11.9. The van der Waals surface area contributed by atoms with Crippen molar-refractivity contribution in [2.24, 2.45) is 0 Å². The summed E-state index contributed by atoms with van der Waals surface area (Å²) in [7, 11) is 0. The van der Waals surface area contributed by atoms with Crippen LogP contribution in [-0.2, 0) is 0 Å². The van der Waals surface area contributed by atoms with Crippen molar-refractivity contribution >= 4 is 86.7 Å². The molecule has 8 nitrogen and oxygen atoms in total. The molecule has 0 unspecified atom stereocenters. The van der Waals surface area contributed by atoms with Crippen LogP contribution in [0.2, 0.25) is 0 Å². The molecule has 0 amide bonds. The molecule has 0 saturated heterocycles. The Bertz CT molecular complexity index is 7630. The van der Waals surface area contributed by atoms with Crippen molar-refractivity contribution in [3.8, 4) is 146 Å². The van der Waals surface area contributed by atoms with Crippen LogP contribution in [-0.4, -0.2) is 39.0 Å². The van der Waals surface area contributed by atoms with Crippen LogP contribution < -0.4 is 0 Å². The van der Waals surface area contributed by atoms with Crippen molar-refractivity contribution in [3.05, 3.63) is 388 Å². The van der Waals surface area contributed by atoms with Gasteiger partial charge in [-0.3, -0.25) is 0 Å². The summed E-state index contributed by atoms with van der Waals surface area (Å²) in [6, 6.07) is 138. The van der Waals surface area contributed by atoms with Crippen LogP contribution in [0.3, 0.4) is 0 Å². The molecule has 0 N–H and O–H groups in total. The zero-order valence-electron chi connectivity index (χ0n) is 61.5. The maximum Gasteiger partial charge on any atom is 0.164 e. The van der Waals surface area contributed by atoms with Gasteiger partial charge in [-0.25, -0.2) is 29.9 Å². The minimum Gasteiger partial charge on any atom is -0.309 e. The fourth-order valence-electron chi connectivity index (χ4n) is 18.1. The van der Waals surface area contributed by atoms with E-state index >= 15 is 0 Å². The van der Waals surface area contributed by atoms with Crippen LogP contribution in [0.5, 0.6) is 0 Å². The summed E-state index contributed by atoms with van der Waals surface area (Å²) in [5, 5.41) is 14.8. The third-order valence-electron chi connectivity index (χ3n) is 23.2. The van der Waals surface area contributed by atoms with E-state index in [0.29, 0.717) is 34.9 Å². The zero-order valence-corrected chi connectivity index (χ0v) is 61.5. The lowest BCUT2D eigenvalue weighted by Crippen LogP contribution is -2.02. The standard InChI is InChI=1S/2C53H32N4/c1-4-16-33(17-5-1)44-32-47-50-48-40(26-14-27-42(44)48)36-22-10-11-23-37(36)41-28-15-29-46(49(41)50)57(47)45-31-30-43(38-24-12-13-25-39(38)45)53-55-51(34-18-6-2-7-19-34)54-52(56-53)35-20-8-3-9-21-35;1-3-14-34(15-4-1)45-32-47-50-48-42(21-11-22-44(45)48)40-19-9-10-20-41(40)43-23-12-24-46(49(43)50)57(47)39-29-27-36(28-30-39)52-54-51(35-16-5-2-6-17-35)55-53(56-52)38-26-25-33-13-7-8-18-37(33)31-38/h2*1-32H. The minimum absolute atomic E-state index is 0.635. The third-order valence-corrected chi connectivity index (χ3v) is 23.2. The highest BCUT2D eigenvalue weighted by Gasteiger charge is 2.30. The van der Waals surface area contributed by atoms with Crippen LogP contribution in [0.4, 0.5) is 0 Å². The largest absolute Gasteiger partial charge is 0.309 e. The van der Waals surface area contributed by atoms with E-state index in [2.05, 4.69) is 343 Å². The molecule has 114 heavy (non-hydrogen) atoms. The summed E-state index contributed by atoms with van der Waals surface area (Å²) in [5.74, 6) is 3.86. The van der Waals surface area contributed by atoms with Gasteiger partial charge in [0, 0.05) is 76.8 Å². The van der Waals surface area contributed by atoms with Crippen LogP contribution in [0.15, 0.2) is 388 Å². The van der Waals surface area contributed by atoms with Gasteiger partial charge in [0.25, 0.3) is 0 Å². The molecule has 2 aliphatic rings. The summed E-state index contributed by atoms with van der Waals surface area (Å²) >= 11 is 0. The summed E-state index contributed by atoms with van der Waals surface area (Å²) in [4.78, 5) is 30.4. The first-order valence-corrected chi connectivity index (χ1v) is 38.7. The van der Waals surface area contributed by atoms with Gasteiger partial charge >= 0.3 is 0 Å². The van der Waals surface area contributed by atoms with E-state index < -0.39 is 0 Å². The molecule has 528 valence electrons. The predicted molar refractivity (Wildman–Crippen MR) is 471 cm³/mol. The Balaban J connectivity index is 0.000000135. The van der Waals surface area contributed by atoms with Crippen molar-refractivity contribution in [3.63, 3.8) is 0 Å². The zero-order chi connectivity index (χ0) is 74.9. The van der Waals surface area contributed by atoms with Gasteiger partial charge in [0.1, 0.15) is 0 Å². The molecule has 0 radical (unpaired) electrons. The first kappa shape index (κ1) is 64.6. The number of nitrogens with zero attached hydrogens (tertiary/aromatic N) is 8. The second kappa shape index (κ2) is 26.2. The molecule has 0 atom stereocenters. The fourth-order valence-corrected chi connectivity index (χ4v) is 18.1. The van der Waals surface area contributed by atoms with Gasteiger partial charge in [-0.15, -0.1) is 0 Å². The molecule has 8 heteroatoms. The monoisotopic (exact) mass is 1450 g/mol. The third kappa shape index (κ3) is 10.3. The number of fused-ring (bicyclic) bond motifs is 8. The molecule has 2 aliphatic carbocycles. The second-order valence-electron chi connectivity index (χ2n) is 29.5. The lowest BCUT2D eigenvalue weighted by atomic mass is 9.90. The lowest BCUT2D eigenvalue weighted by molar-refractivity contribution is 1.07. The number of benzene rings is 18. The molecule has 24 rings (SSSR count).